The maximum Gasteiger partial charge on any atom is 0.181 e. The van der Waals surface area contributed by atoms with Crippen LogP contribution in [-0.4, -0.2) is 42.7 Å². The van der Waals surface area contributed by atoms with Crippen LogP contribution < -0.4 is 5.32 Å². The standard InChI is InChI=1S/C30H32FN7O/c1-3-38-18-21(17-32-38)30(20-12-14-39-15-13-20)27-24(23-6-4-5-7-25(23)33-27)16-26(35-30)29-34-28(36-37(29)2)19-8-10-22(31)11-9-19/h4-11,17-18,20,26,33,35H,3,12-16H2,1-2H3. The Labute approximate surface area is 226 Å². The van der Waals surface area contributed by atoms with Gasteiger partial charge in [0.1, 0.15) is 11.6 Å². The van der Waals surface area contributed by atoms with Crippen LogP contribution in [0.25, 0.3) is 22.3 Å². The lowest BCUT2D eigenvalue weighted by Crippen LogP contribution is -2.56. The fourth-order valence-electron chi connectivity index (χ4n) is 6.58. The third-order valence-corrected chi connectivity index (χ3v) is 8.48. The minimum absolute atomic E-state index is 0.101. The number of ether oxygens (including phenoxy) is 1. The van der Waals surface area contributed by atoms with E-state index in [1.807, 2.05) is 22.6 Å². The third kappa shape index (κ3) is 3.91. The molecular weight excluding hydrogens is 493 g/mol. The summed E-state index contributed by atoms with van der Waals surface area (Å²) in [6, 6.07) is 14.8. The zero-order valence-electron chi connectivity index (χ0n) is 22.2. The van der Waals surface area contributed by atoms with Crippen molar-refractivity contribution in [1.82, 2.24) is 34.8 Å². The Morgan fingerprint density at radius 1 is 1.10 bits per heavy atom. The molecule has 39 heavy (non-hydrogen) atoms. The summed E-state index contributed by atoms with van der Waals surface area (Å²) in [7, 11) is 1.94. The van der Waals surface area contributed by atoms with E-state index in [1.54, 1.807) is 12.1 Å². The molecule has 0 saturated carbocycles. The molecule has 0 amide bonds. The molecule has 1 saturated heterocycles. The molecule has 7 rings (SSSR count). The number of aromatic nitrogens is 6. The number of nitrogens with one attached hydrogen (secondary N) is 2. The van der Waals surface area contributed by atoms with Crippen LogP contribution in [0.2, 0.25) is 0 Å². The quantitative estimate of drug-likeness (QED) is 0.342. The molecule has 2 unspecified atom stereocenters. The second kappa shape index (κ2) is 9.43. The highest BCUT2D eigenvalue weighted by Crippen LogP contribution is 2.49. The minimum Gasteiger partial charge on any atom is -0.381 e. The lowest BCUT2D eigenvalue weighted by molar-refractivity contribution is 0.0300. The predicted octanol–water partition coefficient (Wildman–Crippen LogP) is 4.88. The molecule has 2 aromatic carbocycles. The average Bonchev–Trinajstić information content (AvgIpc) is 3.70. The van der Waals surface area contributed by atoms with Gasteiger partial charge in [0, 0.05) is 60.7 Å². The monoisotopic (exact) mass is 525 g/mol. The summed E-state index contributed by atoms with van der Waals surface area (Å²) in [6.07, 6.45) is 6.84. The number of aryl methyl sites for hydroxylation is 2. The van der Waals surface area contributed by atoms with E-state index >= 15 is 0 Å². The fourth-order valence-corrected chi connectivity index (χ4v) is 6.58. The molecule has 5 aromatic rings. The van der Waals surface area contributed by atoms with Gasteiger partial charge in [-0.3, -0.25) is 14.7 Å². The Morgan fingerprint density at radius 3 is 2.67 bits per heavy atom. The molecular formula is C30H32FN7O. The van der Waals surface area contributed by atoms with Crippen LogP contribution in [0, 0.1) is 11.7 Å². The van der Waals surface area contributed by atoms with Gasteiger partial charge in [-0.15, -0.1) is 0 Å². The van der Waals surface area contributed by atoms with Crippen LogP contribution in [0.1, 0.15) is 48.5 Å². The Balaban J connectivity index is 1.42. The van der Waals surface area contributed by atoms with E-state index in [4.69, 9.17) is 19.9 Å². The number of H-pyrrole nitrogens is 1. The molecule has 2 aliphatic rings. The molecule has 0 aliphatic carbocycles. The summed E-state index contributed by atoms with van der Waals surface area (Å²) < 4.78 is 23.3. The van der Waals surface area contributed by atoms with Crippen molar-refractivity contribution in [3.8, 4) is 11.4 Å². The first kappa shape index (κ1) is 24.2. The highest BCUT2D eigenvalue weighted by atomic mass is 19.1. The SMILES string of the molecule is CCn1cc(C2(C3CCOCC3)NC(c3nc(-c4ccc(F)cc4)nn3C)Cc3c2[nH]c2ccccc32)cn1. The smallest absolute Gasteiger partial charge is 0.181 e. The fraction of sp³-hybridized carbons (Fsp3) is 0.367. The van der Waals surface area contributed by atoms with Crippen LogP contribution in [0.15, 0.2) is 60.9 Å². The van der Waals surface area contributed by atoms with Crippen molar-refractivity contribution in [2.45, 2.75) is 44.3 Å². The second-order valence-corrected chi connectivity index (χ2v) is 10.6. The topological polar surface area (TPSA) is 85.6 Å². The largest absolute Gasteiger partial charge is 0.381 e. The van der Waals surface area contributed by atoms with Gasteiger partial charge in [-0.2, -0.15) is 10.2 Å². The van der Waals surface area contributed by atoms with Crippen LogP contribution in [0.4, 0.5) is 4.39 Å². The van der Waals surface area contributed by atoms with Gasteiger partial charge < -0.3 is 9.72 Å². The number of halogens is 1. The molecule has 0 bridgehead atoms. The van der Waals surface area contributed by atoms with Crippen molar-refractivity contribution in [3.05, 3.63) is 89.4 Å². The number of aromatic amines is 1. The number of nitrogens with zero attached hydrogens (tertiary/aromatic N) is 5. The molecule has 3 aromatic heterocycles. The summed E-state index contributed by atoms with van der Waals surface area (Å²) in [5.74, 6) is 1.46. The number of fused-ring (bicyclic) bond motifs is 3. The first-order valence-electron chi connectivity index (χ1n) is 13.7. The normalized spacial score (nSPS) is 21.9. The van der Waals surface area contributed by atoms with E-state index in [-0.39, 0.29) is 11.9 Å². The zero-order valence-corrected chi connectivity index (χ0v) is 22.2. The lowest BCUT2D eigenvalue weighted by Gasteiger charge is -2.47. The molecule has 1 fully saturated rings. The number of benzene rings is 2. The van der Waals surface area contributed by atoms with Crippen molar-refractivity contribution in [2.75, 3.05) is 13.2 Å². The van der Waals surface area contributed by atoms with Crippen LogP contribution in [0.5, 0.6) is 0 Å². The van der Waals surface area contributed by atoms with Gasteiger partial charge in [0.25, 0.3) is 0 Å². The van der Waals surface area contributed by atoms with Gasteiger partial charge in [-0.1, -0.05) is 18.2 Å². The number of hydrogen-bond donors (Lipinski definition) is 2. The maximum atomic E-state index is 13.6. The second-order valence-electron chi connectivity index (χ2n) is 10.6. The van der Waals surface area contributed by atoms with E-state index in [0.29, 0.717) is 11.7 Å². The van der Waals surface area contributed by atoms with Gasteiger partial charge in [-0.05, 0) is 68.0 Å². The number of hydrogen-bond acceptors (Lipinski definition) is 5. The van der Waals surface area contributed by atoms with Crippen LogP contribution in [0.3, 0.4) is 0 Å². The minimum atomic E-state index is -0.504. The van der Waals surface area contributed by atoms with E-state index in [2.05, 4.69) is 47.7 Å². The summed E-state index contributed by atoms with van der Waals surface area (Å²) in [5, 5.41) is 14.8. The van der Waals surface area contributed by atoms with E-state index < -0.39 is 5.54 Å². The van der Waals surface area contributed by atoms with Crippen molar-refractivity contribution in [1.29, 1.82) is 0 Å². The Morgan fingerprint density at radius 2 is 1.90 bits per heavy atom. The summed E-state index contributed by atoms with van der Waals surface area (Å²) >= 11 is 0. The third-order valence-electron chi connectivity index (χ3n) is 8.48. The molecule has 9 heteroatoms. The summed E-state index contributed by atoms with van der Waals surface area (Å²) in [4.78, 5) is 8.84. The average molecular weight is 526 g/mol. The highest BCUT2D eigenvalue weighted by molar-refractivity contribution is 5.86. The molecule has 5 heterocycles. The molecule has 200 valence electrons. The van der Waals surface area contributed by atoms with Crippen LogP contribution in [-0.2, 0) is 30.3 Å². The molecule has 0 radical (unpaired) electrons. The van der Waals surface area contributed by atoms with Crippen molar-refractivity contribution >= 4 is 10.9 Å². The van der Waals surface area contributed by atoms with Gasteiger partial charge in [0.15, 0.2) is 5.82 Å². The first-order valence-corrected chi connectivity index (χ1v) is 13.7. The van der Waals surface area contributed by atoms with Gasteiger partial charge in [0.05, 0.1) is 17.8 Å². The number of rotatable bonds is 5. The van der Waals surface area contributed by atoms with Crippen molar-refractivity contribution in [2.24, 2.45) is 13.0 Å². The van der Waals surface area contributed by atoms with E-state index in [1.165, 1.54) is 28.8 Å². The number of para-hydroxylation sites is 1. The van der Waals surface area contributed by atoms with Crippen molar-refractivity contribution in [3.63, 3.8) is 0 Å². The van der Waals surface area contributed by atoms with E-state index in [9.17, 15) is 4.39 Å². The van der Waals surface area contributed by atoms with Gasteiger partial charge in [0.2, 0.25) is 0 Å². The molecule has 8 nitrogen and oxygen atoms in total. The van der Waals surface area contributed by atoms with Gasteiger partial charge in [-0.25, -0.2) is 9.37 Å². The predicted molar refractivity (Wildman–Crippen MR) is 147 cm³/mol. The Bertz CT molecular complexity index is 1630. The van der Waals surface area contributed by atoms with Crippen LogP contribution >= 0.6 is 0 Å². The summed E-state index contributed by atoms with van der Waals surface area (Å²) in [5.41, 5.74) is 5.08. The molecule has 2 atom stereocenters. The molecule has 2 aliphatic heterocycles. The lowest BCUT2D eigenvalue weighted by atomic mass is 9.69. The first-order chi connectivity index (χ1) is 19.1. The summed E-state index contributed by atoms with van der Waals surface area (Å²) in [6.45, 7) is 4.38. The maximum absolute atomic E-state index is 13.6. The zero-order chi connectivity index (χ0) is 26.6. The van der Waals surface area contributed by atoms with Gasteiger partial charge >= 0.3 is 0 Å². The molecule has 0 spiro atoms. The molecule has 2 N–H and O–H groups in total. The van der Waals surface area contributed by atoms with E-state index in [0.717, 1.165) is 61.5 Å². The Kier molecular flexibility index (Phi) is 5.86. The Hall–Kier alpha value is -3.82. The van der Waals surface area contributed by atoms with Crippen molar-refractivity contribution < 1.29 is 9.13 Å². The highest BCUT2D eigenvalue weighted by Gasteiger charge is 2.51.